The smallest absolute Gasteiger partial charge is 0.164 e. The summed E-state index contributed by atoms with van der Waals surface area (Å²) in [5, 5.41) is 2.09. The molecule has 0 aliphatic carbocycles. The Hall–Kier alpha value is -0.710. The molecule has 17 heavy (non-hydrogen) atoms. The van der Waals surface area contributed by atoms with Crippen molar-refractivity contribution in [3.63, 3.8) is 0 Å². The van der Waals surface area contributed by atoms with Gasteiger partial charge < -0.3 is 0 Å². The minimum atomic E-state index is -0.440. The third-order valence-electron chi connectivity index (χ3n) is 3.24. The second-order valence-corrected chi connectivity index (χ2v) is 4.68. The average molecular weight is 258 g/mol. The molecule has 94 valence electrons. The van der Waals surface area contributed by atoms with Gasteiger partial charge in [0, 0.05) is 12.7 Å². The summed E-state index contributed by atoms with van der Waals surface area (Å²) in [6.07, 6.45) is 6.24. The SMILES string of the molecule is CNN1CCCCC[C@H]1c1cnc(Cl)c(F)c1. The van der Waals surface area contributed by atoms with Crippen LogP contribution in [0.3, 0.4) is 0 Å². The van der Waals surface area contributed by atoms with Crippen LogP contribution >= 0.6 is 11.6 Å². The Labute approximate surface area is 106 Å². The van der Waals surface area contributed by atoms with Crippen molar-refractivity contribution in [3.8, 4) is 0 Å². The number of nitrogens with one attached hydrogen (secondary N) is 1. The van der Waals surface area contributed by atoms with E-state index in [9.17, 15) is 4.39 Å². The van der Waals surface area contributed by atoms with Gasteiger partial charge in [0.15, 0.2) is 11.0 Å². The predicted octanol–water partition coefficient (Wildman–Crippen LogP) is 2.93. The first-order valence-electron chi connectivity index (χ1n) is 5.97. The zero-order valence-corrected chi connectivity index (χ0v) is 10.7. The van der Waals surface area contributed by atoms with E-state index in [1.165, 1.54) is 18.9 Å². The normalized spacial score (nSPS) is 22.4. The lowest BCUT2D eigenvalue weighted by atomic mass is 10.0. The molecular weight excluding hydrogens is 241 g/mol. The fourth-order valence-electron chi connectivity index (χ4n) is 2.34. The van der Waals surface area contributed by atoms with Crippen molar-refractivity contribution in [1.82, 2.24) is 15.4 Å². The number of hydrogen-bond acceptors (Lipinski definition) is 3. The maximum atomic E-state index is 13.4. The lowest BCUT2D eigenvalue weighted by Crippen LogP contribution is -2.38. The summed E-state index contributed by atoms with van der Waals surface area (Å²) in [4.78, 5) is 3.89. The van der Waals surface area contributed by atoms with Crippen molar-refractivity contribution in [2.45, 2.75) is 31.7 Å². The lowest BCUT2D eigenvalue weighted by Gasteiger charge is -2.29. The zero-order valence-electron chi connectivity index (χ0n) is 9.92. The first-order chi connectivity index (χ1) is 8.22. The van der Waals surface area contributed by atoms with E-state index in [0.29, 0.717) is 0 Å². The van der Waals surface area contributed by atoms with Crippen molar-refractivity contribution in [1.29, 1.82) is 0 Å². The second-order valence-electron chi connectivity index (χ2n) is 4.32. The van der Waals surface area contributed by atoms with Gasteiger partial charge in [-0.15, -0.1) is 0 Å². The number of hydrogen-bond donors (Lipinski definition) is 1. The molecule has 0 spiro atoms. The van der Waals surface area contributed by atoms with E-state index in [0.717, 1.165) is 24.9 Å². The number of pyridine rings is 1. The molecule has 1 aliphatic heterocycles. The van der Waals surface area contributed by atoms with Crippen molar-refractivity contribution in [2.75, 3.05) is 13.6 Å². The Morgan fingerprint density at radius 2 is 2.29 bits per heavy atom. The number of halogens is 2. The van der Waals surface area contributed by atoms with Gasteiger partial charge in [-0.3, -0.25) is 5.43 Å². The number of rotatable bonds is 2. The molecule has 0 saturated carbocycles. The standard InChI is InChI=1S/C12H17ClFN3/c1-15-17-6-4-2-3-5-11(17)9-7-10(14)12(13)16-8-9/h7-8,11,15H,2-6H2,1H3/t11-/m0/s1. The highest BCUT2D eigenvalue weighted by Crippen LogP contribution is 2.29. The minimum Gasteiger partial charge on any atom is -0.258 e. The molecule has 0 amide bonds. The molecule has 2 rings (SSSR count). The minimum absolute atomic E-state index is 0.0571. The summed E-state index contributed by atoms with van der Waals surface area (Å²) < 4.78 is 13.4. The van der Waals surface area contributed by atoms with Crippen molar-refractivity contribution >= 4 is 11.6 Å². The van der Waals surface area contributed by atoms with Gasteiger partial charge in [0.1, 0.15) is 0 Å². The van der Waals surface area contributed by atoms with Gasteiger partial charge in [-0.1, -0.05) is 24.4 Å². The molecule has 1 atom stereocenters. The van der Waals surface area contributed by atoms with Gasteiger partial charge in [-0.25, -0.2) is 14.4 Å². The molecule has 0 radical (unpaired) electrons. The molecule has 1 aromatic heterocycles. The zero-order chi connectivity index (χ0) is 12.3. The van der Waals surface area contributed by atoms with Crippen LogP contribution in [-0.4, -0.2) is 23.6 Å². The summed E-state index contributed by atoms with van der Waals surface area (Å²) in [5.41, 5.74) is 4.07. The van der Waals surface area contributed by atoms with Crippen molar-refractivity contribution in [3.05, 3.63) is 28.8 Å². The highest BCUT2D eigenvalue weighted by molar-refractivity contribution is 6.29. The summed E-state index contributed by atoms with van der Waals surface area (Å²) in [5.74, 6) is -0.440. The fourth-order valence-corrected chi connectivity index (χ4v) is 2.44. The van der Waals surface area contributed by atoms with E-state index in [-0.39, 0.29) is 11.2 Å². The van der Waals surface area contributed by atoms with Gasteiger partial charge in [-0.2, -0.15) is 0 Å². The second kappa shape index (κ2) is 5.76. The maximum absolute atomic E-state index is 13.4. The summed E-state index contributed by atoms with van der Waals surface area (Å²) >= 11 is 5.61. The van der Waals surface area contributed by atoms with E-state index in [2.05, 4.69) is 15.4 Å². The lowest BCUT2D eigenvalue weighted by molar-refractivity contribution is 0.142. The van der Waals surface area contributed by atoms with E-state index >= 15 is 0 Å². The Balaban J connectivity index is 2.25. The molecule has 1 saturated heterocycles. The maximum Gasteiger partial charge on any atom is 0.164 e. The highest BCUT2D eigenvalue weighted by Gasteiger charge is 2.22. The quantitative estimate of drug-likeness (QED) is 0.826. The Kier molecular flexibility index (Phi) is 4.31. The van der Waals surface area contributed by atoms with Crippen LogP contribution in [0.15, 0.2) is 12.3 Å². The molecule has 1 aliphatic rings. The van der Waals surface area contributed by atoms with Crippen LogP contribution in [0.2, 0.25) is 5.15 Å². The van der Waals surface area contributed by atoms with E-state index in [4.69, 9.17) is 11.6 Å². The van der Waals surface area contributed by atoms with Gasteiger partial charge >= 0.3 is 0 Å². The molecule has 1 N–H and O–H groups in total. The molecule has 1 aromatic rings. The van der Waals surface area contributed by atoms with Crippen molar-refractivity contribution < 1.29 is 4.39 Å². The molecule has 3 nitrogen and oxygen atoms in total. The largest absolute Gasteiger partial charge is 0.258 e. The van der Waals surface area contributed by atoms with E-state index in [1.807, 2.05) is 7.05 Å². The van der Waals surface area contributed by atoms with Crippen LogP contribution in [0.4, 0.5) is 4.39 Å². The molecule has 0 bridgehead atoms. The van der Waals surface area contributed by atoms with Crippen LogP contribution in [-0.2, 0) is 0 Å². The fraction of sp³-hybridized carbons (Fsp3) is 0.583. The van der Waals surface area contributed by atoms with Gasteiger partial charge in [0.2, 0.25) is 0 Å². The van der Waals surface area contributed by atoms with Crippen LogP contribution < -0.4 is 5.43 Å². The van der Waals surface area contributed by atoms with Gasteiger partial charge in [-0.05, 0) is 31.5 Å². The van der Waals surface area contributed by atoms with Gasteiger partial charge in [0.05, 0.1) is 6.04 Å². The first-order valence-corrected chi connectivity index (χ1v) is 6.35. The summed E-state index contributed by atoms with van der Waals surface area (Å²) in [6.45, 7) is 0.978. The molecule has 2 heterocycles. The van der Waals surface area contributed by atoms with Crippen LogP contribution in [0.25, 0.3) is 0 Å². The monoisotopic (exact) mass is 257 g/mol. The Morgan fingerprint density at radius 3 is 3.00 bits per heavy atom. The molecule has 0 unspecified atom stereocenters. The molecule has 0 aromatic carbocycles. The molecule has 5 heteroatoms. The van der Waals surface area contributed by atoms with Crippen LogP contribution in [0.5, 0.6) is 0 Å². The van der Waals surface area contributed by atoms with Crippen LogP contribution in [0.1, 0.15) is 37.3 Å². The average Bonchev–Trinajstić information content (AvgIpc) is 2.57. The Bertz CT molecular complexity index is 386. The Morgan fingerprint density at radius 1 is 1.47 bits per heavy atom. The summed E-state index contributed by atoms with van der Waals surface area (Å²) in [7, 11) is 1.90. The first kappa shape index (κ1) is 12.7. The summed E-state index contributed by atoms with van der Waals surface area (Å²) in [6, 6.07) is 1.68. The van der Waals surface area contributed by atoms with Crippen LogP contribution in [0, 0.1) is 5.82 Å². The molecule has 1 fully saturated rings. The van der Waals surface area contributed by atoms with Gasteiger partial charge in [0.25, 0.3) is 0 Å². The third kappa shape index (κ3) is 2.94. The van der Waals surface area contributed by atoms with E-state index in [1.54, 1.807) is 6.20 Å². The number of hydrazine groups is 1. The predicted molar refractivity (Wildman–Crippen MR) is 66.2 cm³/mol. The highest BCUT2D eigenvalue weighted by atomic mass is 35.5. The van der Waals surface area contributed by atoms with E-state index < -0.39 is 5.82 Å². The molecular formula is C12H17ClFN3. The van der Waals surface area contributed by atoms with Crippen molar-refractivity contribution in [2.24, 2.45) is 0 Å². The number of aromatic nitrogens is 1. The number of nitrogens with zero attached hydrogens (tertiary/aromatic N) is 2. The topological polar surface area (TPSA) is 28.2 Å². The third-order valence-corrected chi connectivity index (χ3v) is 3.52.